The quantitative estimate of drug-likeness (QED) is 0.440. The van der Waals surface area contributed by atoms with Gasteiger partial charge in [0.05, 0.1) is 23.9 Å². The first-order valence-electron chi connectivity index (χ1n) is 4.12. The Labute approximate surface area is 113 Å². The third kappa shape index (κ3) is 2.68. The maximum Gasteiger partial charge on any atom is 0.340 e. The number of hydrogen-bond acceptors (Lipinski definition) is 3. The molecule has 0 aliphatic heterocycles. The van der Waals surface area contributed by atoms with Gasteiger partial charge >= 0.3 is 5.97 Å². The molecule has 0 bridgehead atoms. The van der Waals surface area contributed by atoms with E-state index in [1.165, 1.54) is 13.3 Å². The van der Waals surface area contributed by atoms with Crippen LogP contribution in [0.2, 0.25) is 0 Å². The van der Waals surface area contributed by atoms with E-state index in [0.717, 1.165) is 0 Å². The van der Waals surface area contributed by atoms with Gasteiger partial charge in [0.25, 0.3) is 6.43 Å². The van der Waals surface area contributed by atoms with E-state index in [2.05, 4.69) is 25.7 Å². The van der Waals surface area contributed by atoms with Crippen molar-refractivity contribution in [2.75, 3.05) is 7.11 Å². The Morgan fingerprint density at radius 1 is 1.69 bits per heavy atom. The highest BCUT2D eigenvalue weighted by molar-refractivity contribution is 14.1. The van der Waals surface area contributed by atoms with Crippen molar-refractivity contribution in [3.05, 3.63) is 26.6 Å². The number of alkyl halides is 3. The standard InChI is InChI=1S/C9H7BrF2INO2/c1-16-9(15)4-3-14-5(2-10)6(7(4)13)8(11)12/h3,8H,2H2,1H3. The molecule has 0 unspecified atom stereocenters. The van der Waals surface area contributed by atoms with E-state index in [1.54, 1.807) is 22.6 Å². The first-order chi connectivity index (χ1) is 7.52. The van der Waals surface area contributed by atoms with Crippen molar-refractivity contribution in [3.8, 4) is 0 Å². The molecule has 88 valence electrons. The Hall–Kier alpha value is -0.310. The summed E-state index contributed by atoms with van der Waals surface area (Å²) in [4.78, 5) is 15.1. The molecule has 1 aromatic heterocycles. The fourth-order valence-corrected chi connectivity index (χ4v) is 2.47. The van der Waals surface area contributed by atoms with Crippen LogP contribution >= 0.6 is 38.5 Å². The number of halogens is 4. The number of methoxy groups -OCH3 is 1. The van der Waals surface area contributed by atoms with Gasteiger partial charge in [-0.25, -0.2) is 13.6 Å². The number of carbonyl (C=O) groups is 1. The molecule has 0 radical (unpaired) electrons. The lowest BCUT2D eigenvalue weighted by molar-refractivity contribution is 0.0598. The Bertz CT molecular complexity index is 415. The van der Waals surface area contributed by atoms with E-state index in [0.29, 0.717) is 0 Å². The molecule has 0 aliphatic rings. The summed E-state index contributed by atoms with van der Waals surface area (Å²) >= 11 is 4.78. The number of ether oxygens (including phenoxy) is 1. The number of rotatable bonds is 3. The van der Waals surface area contributed by atoms with Crippen molar-refractivity contribution in [2.45, 2.75) is 11.8 Å². The van der Waals surface area contributed by atoms with E-state index in [-0.39, 0.29) is 25.7 Å². The van der Waals surface area contributed by atoms with Gasteiger partial charge in [-0.1, -0.05) is 15.9 Å². The maximum atomic E-state index is 12.8. The number of esters is 1. The Balaban J connectivity index is 3.37. The number of hydrogen-bond donors (Lipinski definition) is 0. The van der Waals surface area contributed by atoms with Gasteiger partial charge in [-0.2, -0.15) is 0 Å². The van der Waals surface area contributed by atoms with Crippen molar-refractivity contribution >= 4 is 44.5 Å². The smallest absolute Gasteiger partial charge is 0.340 e. The normalized spacial score (nSPS) is 10.6. The van der Waals surface area contributed by atoms with Crippen LogP contribution in [0.1, 0.15) is 28.0 Å². The zero-order valence-electron chi connectivity index (χ0n) is 8.14. The molecule has 16 heavy (non-hydrogen) atoms. The maximum absolute atomic E-state index is 12.8. The van der Waals surface area contributed by atoms with E-state index < -0.39 is 12.4 Å². The second kappa shape index (κ2) is 5.85. The molecule has 3 nitrogen and oxygen atoms in total. The third-order valence-electron chi connectivity index (χ3n) is 1.88. The minimum absolute atomic E-state index is 0.0584. The minimum Gasteiger partial charge on any atom is -0.465 e. The predicted octanol–water partition coefficient (Wildman–Crippen LogP) is 3.31. The molecule has 7 heteroatoms. The van der Waals surface area contributed by atoms with Crippen LogP contribution in [0.3, 0.4) is 0 Å². The zero-order chi connectivity index (χ0) is 12.3. The first-order valence-corrected chi connectivity index (χ1v) is 6.32. The summed E-state index contributed by atoms with van der Waals surface area (Å²) in [6.07, 6.45) is -1.42. The van der Waals surface area contributed by atoms with E-state index in [1.807, 2.05) is 0 Å². The molecule has 0 N–H and O–H groups in total. The highest BCUT2D eigenvalue weighted by Gasteiger charge is 2.23. The molecule has 0 aliphatic carbocycles. The summed E-state index contributed by atoms with van der Waals surface area (Å²) in [6, 6.07) is 0. The van der Waals surface area contributed by atoms with Gasteiger partial charge in [0.15, 0.2) is 0 Å². The summed E-state index contributed by atoms with van der Waals surface area (Å²) < 4.78 is 30.3. The topological polar surface area (TPSA) is 39.2 Å². The average Bonchev–Trinajstić information content (AvgIpc) is 2.26. The van der Waals surface area contributed by atoms with Crippen molar-refractivity contribution in [1.29, 1.82) is 0 Å². The van der Waals surface area contributed by atoms with Gasteiger partial charge in [0.2, 0.25) is 0 Å². The van der Waals surface area contributed by atoms with Crippen LogP contribution < -0.4 is 0 Å². The molecule has 1 rings (SSSR count). The number of carbonyl (C=O) groups excluding carboxylic acids is 1. The van der Waals surface area contributed by atoms with Crippen LogP contribution in [0, 0.1) is 3.57 Å². The molecule has 0 spiro atoms. The SMILES string of the molecule is COC(=O)c1cnc(CBr)c(C(F)F)c1I. The van der Waals surface area contributed by atoms with Gasteiger partial charge in [-0.15, -0.1) is 0 Å². The highest BCUT2D eigenvalue weighted by atomic mass is 127. The van der Waals surface area contributed by atoms with Gasteiger partial charge in [-0.3, -0.25) is 4.98 Å². The van der Waals surface area contributed by atoms with Crippen molar-refractivity contribution in [1.82, 2.24) is 4.98 Å². The summed E-state index contributed by atoms with van der Waals surface area (Å²) in [5, 5.41) is 0.212. The highest BCUT2D eigenvalue weighted by Crippen LogP contribution is 2.30. The molecule has 1 heterocycles. The van der Waals surface area contributed by atoms with Crippen LogP contribution in [0.5, 0.6) is 0 Å². The van der Waals surface area contributed by atoms with Crippen LogP contribution in [-0.2, 0) is 10.1 Å². The molecule has 0 saturated heterocycles. The number of nitrogens with zero attached hydrogens (tertiary/aromatic N) is 1. The fourth-order valence-electron chi connectivity index (χ4n) is 1.12. The second-order valence-corrected chi connectivity index (χ2v) is 4.41. The van der Waals surface area contributed by atoms with Crippen LogP contribution in [0.15, 0.2) is 6.20 Å². The first kappa shape index (κ1) is 13.8. The lowest BCUT2D eigenvalue weighted by Gasteiger charge is -2.11. The fraction of sp³-hybridized carbons (Fsp3) is 0.333. The summed E-state index contributed by atoms with van der Waals surface area (Å²) in [6.45, 7) is 0. The third-order valence-corrected chi connectivity index (χ3v) is 3.58. The van der Waals surface area contributed by atoms with E-state index in [4.69, 9.17) is 0 Å². The van der Waals surface area contributed by atoms with Crippen molar-refractivity contribution in [2.24, 2.45) is 0 Å². The lowest BCUT2D eigenvalue weighted by atomic mass is 10.1. The van der Waals surface area contributed by atoms with E-state index >= 15 is 0 Å². The summed E-state index contributed by atoms with van der Waals surface area (Å²) in [7, 11) is 1.19. The molecule has 0 atom stereocenters. The average molecular weight is 406 g/mol. The second-order valence-electron chi connectivity index (χ2n) is 2.77. The van der Waals surface area contributed by atoms with Gasteiger partial charge in [0, 0.05) is 15.1 Å². The molecule has 1 aromatic rings. The summed E-state index contributed by atoms with van der Waals surface area (Å²) in [5.41, 5.74) is 0.0653. The lowest BCUT2D eigenvalue weighted by Crippen LogP contribution is -2.10. The largest absolute Gasteiger partial charge is 0.465 e. The zero-order valence-corrected chi connectivity index (χ0v) is 11.9. The Morgan fingerprint density at radius 2 is 2.31 bits per heavy atom. The van der Waals surface area contributed by atoms with E-state index in [9.17, 15) is 13.6 Å². The molecule has 0 saturated carbocycles. The van der Waals surface area contributed by atoms with Gasteiger partial charge < -0.3 is 4.74 Å². The van der Waals surface area contributed by atoms with Crippen molar-refractivity contribution in [3.63, 3.8) is 0 Å². The molecule has 0 aromatic carbocycles. The molecule has 0 fully saturated rings. The van der Waals surface area contributed by atoms with Crippen LogP contribution in [0.4, 0.5) is 8.78 Å². The monoisotopic (exact) mass is 405 g/mol. The van der Waals surface area contributed by atoms with Gasteiger partial charge in [-0.05, 0) is 22.6 Å². The van der Waals surface area contributed by atoms with Crippen molar-refractivity contribution < 1.29 is 18.3 Å². The molecule has 0 amide bonds. The minimum atomic E-state index is -2.67. The Morgan fingerprint density at radius 3 is 2.75 bits per heavy atom. The number of aromatic nitrogens is 1. The van der Waals surface area contributed by atoms with Gasteiger partial charge in [0.1, 0.15) is 0 Å². The Kier molecular flexibility index (Phi) is 5.03. The molecular weight excluding hydrogens is 399 g/mol. The van der Waals surface area contributed by atoms with Crippen LogP contribution in [0.25, 0.3) is 0 Å². The predicted molar refractivity (Wildman–Crippen MR) is 65.9 cm³/mol. The molecular formula is C9H7BrF2INO2. The number of pyridine rings is 1. The summed E-state index contributed by atoms with van der Waals surface area (Å²) in [5.74, 6) is -0.667. The van der Waals surface area contributed by atoms with Crippen LogP contribution in [-0.4, -0.2) is 18.1 Å².